The zero-order valence-corrected chi connectivity index (χ0v) is 11.3. The largest absolute Gasteiger partial charge is 0.455 e. The first-order chi connectivity index (χ1) is 9.92. The molecule has 2 aromatic rings. The summed E-state index contributed by atoms with van der Waals surface area (Å²) < 4.78 is 5.85. The molecule has 0 unspecified atom stereocenters. The van der Waals surface area contributed by atoms with E-state index in [1.165, 1.54) is 12.8 Å². The fourth-order valence-electron chi connectivity index (χ4n) is 2.14. The van der Waals surface area contributed by atoms with Crippen LogP contribution < -0.4 is 4.74 Å². The Morgan fingerprint density at radius 3 is 2.35 bits per heavy atom. The first-order valence-corrected chi connectivity index (χ1v) is 6.90. The molecule has 1 aliphatic rings. The van der Waals surface area contributed by atoms with Crippen LogP contribution in [0.2, 0.25) is 0 Å². The molecule has 1 heterocycles. The van der Waals surface area contributed by atoms with Gasteiger partial charge in [-0.25, -0.2) is 0 Å². The number of benzene rings is 2. The standard InChI is InChI=1S/C16H17N3O/c1-2-8-14(9-3-1)20-16-11-5-4-10-15(16)17-18-19-12-6-7-13-19/h1-5,8-11H,6-7,12-13H2. The maximum Gasteiger partial charge on any atom is 0.154 e. The molecule has 3 rings (SSSR count). The van der Waals surface area contributed by atoms with Crippen molar-refractivity contribution in [1.82, 2.24) is 5.01 Å². The van der Waals surface area contributed by atoms with E-state index in [-0.39, 0.29) is 0 Å². The highest BCUT2D eigenvalue weighted by atomic mass is 16.5. The predicted octanol–water partition coefficient (Wildman–Crippen LogP) is 4.57. The van der Waals surface area contributed by atoms with Crippen LogP contribution in [0.4, 0.5) is 5.69 Å². The summed E-state index contributed by atoms with van der Waals surface area (Å²) >= 11 is 0. The van der Waals surface area contributed by atoms with Gasteiger partial charge in [-0.2, -0.15) is 0 Å². The minimum atomic E-state index is 0.724. The number of hydrogen-bond acceptors (Lipinski definition) is 3. The average molecular weight is 267 g/mol. The highest BCUT2D eigenvalue weighted by Crippen LogP contribution is 2.31. The molecule has 2 aromatic carbocycles. The Kier molecular flexibility index (Phi) is 3.92. The van der Waals surface area contributed by atoms with Crippen molar-refractivity contribution >= 4 is 5.69 Å². The maximum absolute atomic E-state index is 5.85. The van der Waals surface area contributed by atoms with Gasteiger partial charge < -0.3 is 4.74 Å². The van der Waals surface area contributed by atoms with Crippen LogP contribution >= 0.6 is 0 Å². The predicted molar refractivity (Wildman–Crippen MR) is 78.3 cm³/mol. The third-order valence-electron chi connectivity index (χ3n) is 3.20. The van der Waals surface area contributed by atoms with Crippen molar-refractivity contribution in [3.05, 3.63) is 54.6 Å². The first kappa shape index (κ1) is 12.7. The van der Waals surface area contributed by atoms with Crippen LogP contribution in [-0.2, 0) is 0 Å². The van der Waals surface area contributed by atoms with Crippen molar-refractivity contribution in [2.75, 3.05) is 13.1 Å². The van der Waals surface area contributed by atoms with Crippen molar-refractivity contribution in [1.29, 1.82) is 0 Å². The van der Waals surface area contributed by atoms with E-state index < -0.39 is 0 Å². The molecule has 0 spiro atoms. The SMILES string of the molecule is c1ccc(Oc2ccccc2N=NN2CCCC2)cc1. The maximum atomic E-state index is 5.85. The topological polar surface area (TPSA) is 37.2 Å². The Morgan fingerprint density at radius 2 is 1.55 bits per heavy atom. The molecule has 0 amide bonds. The van der Waals surface area contributed by atoms with Crippen molar-refractivity contribution in [2.24, 2.45) is 10.3 Å². The van der Waals surface area contributed by atoms with Gasteiger partial charge in [0, 0.05) is 13.1 Å². The molecule has 0 radical (unpaired) electrons. The van der Waals surface area contributed by atoms with Gasteiger partial charge in [0.05, 0.1) is 0 Å². The van der Waals surface area contributed by atoms with Crippen molar-refractivity contribution in [3.8, 4) is 11.5 Å². The summed E-state index contributed by atoms with van der Waals surface area (Å²) in [5, 5.41) is 10.6. The quantitative estimate of drug-likeness (QED) is 0.761. The van der Waals surface area contributed by atoms with Crippen molar-refractivity contribution in [2.45, 2.75) is 12.8 Å². The van der Waals surface area contributed by atoms with Crippen LogP contribution in [0.15, 0.2) is 64.9 Å². The Balaban J connectivity index is 1.77. The molecule has 4 heteroatoms. The molecule has 0 saturated carbocycles. The number of nitrogens with zero attached hydrogens (tertiary/aromatic N) is 3. The lowest BCUT2D eigenvalue weighted by atomic mass is 10.3. The Labute approximate surface area is 118 Å². The van der Waals surface area contributed by atoms with Crippen molar-refractivity contribution < 1.29 is 4.74 Å². The van der Waals surface area contributed by atoms with Gasteiger partial charge in [0.15, 0.2) is 5.75 Å². The van der Waals surface area contributed by atoms with E-state index in [1.807, 2.05) is 59.6 Å². The van der Waals surface area contributed by atoms with Gasteiger partial charge in [0.25, 0.3) is 0 Å². The zero-order chi connectivity index (χ0) is 13.6. The van der Waals surface area contributed by atoms with Crippen LogP contribution in [-0.4, -0.2) is 18.1 Å². The number of ether oxygens (including phenoxy) is 1. The lowest BCUT2D eigenvalue weighted by molar-refractivity contribution is 0.336. The van der Waals surface area contributed by atoms with E-state index in [4.69, 9.17) is 4.74 Å². The fraction of sp³-hybridized carbons (Fsp3) is 0.250. The third kappa shape index (κ3) is 3.15. The molecular formula is C16H17N3O. The summed E-state index contributed by atoms with van der Waals surface area (Å²) in [6.45, 7) is 1.98. The summed E-state index contributed by atoms with van der Waals surface area (Å²) in [4.78, 5) is 0. The second-order valence-corrected chi connectivity index (χ2v) is 4.73. The van der Waals surface area contributed by atoms with Crippen LogP contribution in [0, 0.1) is 0 Å². The fourth-order valence-corrected chi connectivity index (χ4v) is 2.14. The van der Waals surface area contributed by atoms with E-state index in [9.17, 15) is 0 Å². The lowest BCUT2D eigenvalue weighted by Gasteiger charge is -2.09. The van der Waals surface area contributed by atoms with E-state index in [1.54, 1.807) is 0 Å². The molecule has 102 valence electrons. The number of rotatable bonds is 4. The van der Waals surface area contributed by atoms with Gasteiger partial charge in [0.1, 0.15) is 11.4 Å². The van der Waals surface area contributed by atoms with Gasteiger partial charge in [-0.15, -0.1) is 5.11 Å². The summed E-state index contributed by atoms with van der Waals surface area (Å²) in [7, 11) is 0. The summed E-state index contributed by atoms with van der Waals surface area (Å²) in [6, 6.07) is 17.4. The van der Waals surface area contributed by atoms with Gasteiger partial charge >= 0.3 is 0 Å². The molecule has 0 aromatic heterocycles. The minimum absolute atomic E-state index is 0.724. The second kappa shape index (κ2) is 6.19. The Morgan fingerprint density at radius 1 is 0.850 bits per heavy atom. The van der Waals surface area contributed by atoms with Gasteiger partial charge in [-0.05, 0) is 37.1 Å². The molecule has 0 N–H and O–H groups in total. The lowest BCUT2D eigenvalue weighted by Crippen LogP contribution is -2.09. The summed E-state index contributed by atoms with van der Waals surface area (Å²) in [5.41, 5.74) is 0.753. The van der Waals surface area contributed by atoms with E-state index in [0.29, 0.717) is 0 Å². The van der Waals surface area contributed by atoms with Gasteiger partial charge in [0.2, 0.25) is 0 Å². The molecule has 4 nitrogen and oxygen atoms in total. The molecule has 1 saturated heterocycles. The molecule has 0 bridgehead atoms. The zero-order valence-electron chi connectivity index (χ0n) is 11.3. The van der Waals surface area contributed by atoms with Gasteiger partial charge in [-0.3, -0.25) is 5.01 Å². The molecule has 1 aliphatic heterocycles. The molecular weight excluding hydrogens is 250 g/mol. The van der Waals surface area contributed by atoms with Crippen LogP contribution in [0.25, 0.3) is 0 Å². The molecule has 1 fully saturated rings. The Bertz CT molecular complexity index is 577. The monoisotopic (exact) mass is 267 g/mol. The molecule has 20 heavy (non-hydrogen) atoms. The third-order valence-corrected chi connectivity index (χ3v) is 3.20. The molecule has 0 aliphatic carbocycles. The van der Waals surface area contributed by atoms with Crippen molar-refractivity contribution in [3.63, 3.8) is 0 Å². The van der Waals surface area contributed by atoms with Crippen LogP contribution in [0.1, 0.15) is 12.8 Å². The summed E-state index contributed by atoms with van der Waals surface area (Å²) in [6.07, 6.45) is 2.39. The average Bonchev–Trinajstić information content (AvgIpc) is 3.01. The Hall–Kier alpha value is -2.36. The van der Waals surface area contributed by atoms with Crippen LogP contribution in [0.5, 0.6) is 11.5 Å². The number of para-hydroxylation sites is 2. The highest BCUT2D eigenvalue weighted by Gasteiger charge is 2.09. The smallest absolute Gasteiger partial charge is 0.154 e. The molecule has 0 atom stereocenters. The summed E-state index contributed by atoms with van der Waals surface area (Å²) in [5.74, 6) is 1.53. The minimum Gasteiger partial charge on any atom is -0.455 e. The normalized spacial score (nSPS) is 14.9. The van der Waals surface area contributed by atoms with E-state index in [2.05, 4.69) is 10.3 Å². The highest BCUT2D eigenvalue weighted by molar-refractivity contribution is 5.52. The second-order valence-electron chi connectivity index (χ2n) is 4.73. The van der Waals surface area contributed by atoms with Gasteiger partial charge in [-0.1, -0.05) is 35.6 Å². The van der Waals surface area contributed by atoms with E-state index in [0.717, 1.165) is 30.3 Å². The van der Waals surface area contributed by atoms with Crippen LogP contribution in [0.3, 0.4) is 0 Å². The number of hydrogen-bond donors (Lipinski definition) is 0. The first-order valence-electron chi connectivity index (χ1n) is 6.90. The van der Waals surface area contributed by atoms with E-state index >= 15 is 0 Å².